The number of carbonyl (C=O) groups excluding carboxylic acids is 1. The molecule has 1 aliphatic heterocycles. The van der Waals surface area contributed by atoms with Crippen LogP contribution in [-0.2, 0) is 6.54 Å². The van der Waals surface area contributed by atoms with Crippen molar-refractivity contribution in [3.8, 4) is 0 Å². The quantitative estimate of drug-likeness (QED) is 0.925. The van der Waals surface area contributed by atoms with Gasteiger partial charge >= 0.3 is 0 Å². The molecule has 1 saturated heterocycles. The van der Waals surface area contributed by atoms with Crippen LogP contribution in [0.1, 0.15) is 42.7 Å². The standard InChI is InChI=1S/C14H21N3O.ClH/c1-10(2)13-4-3-7-17(13)14(18)11-5-6-16-12(8-11)9-15;/h5-6,8,10,13H,3-4,7,9,15H2,1-2H3;1H. The number of amides is 1. The van der Waals surface area contributed by atoms with E-state index in [1.807, 2.05) is 4.90 Å². The van der Waals surface area contributed by atoms with Gasteiger partial charge in [0.25, 0.3) is 5.91 Å². The average Bonchev–Trinajstić information content (AvgIpc) is 2.87. The maximum absolute atomic E-state index is 12.5. The number of nitrogens with zero attached hydrogens (tertiary/aromatic N) is 2. The van der Waals surface area contributed by atoms with Gasteiger partial charge in [0.1, 0.15) is 0 Å². The minimum Gasteiger partial charge on any atom is -0.335 e. The number of aromatic nitrogens is 1. The predicted molar refractivity (Wildman–Crippen MR) is 78.3 cm³/mol. The van der Waals surface area contributed by atoms with E-state index in [-0.39, 0.29) is 18.3 Å². The second-order valence-electron chi connectivity index (χ2n) is 5.19. The van der Waals surface area contributed by atoms with Gasteiger partial charge in [-0.2, -0.15) is 0 Å². The zero-order valence-corrected chi connectivity index (χ0v) is 12.3. The lowest BCUT2D eigenvalue weighted by Crippen LogP contribution is -2.38. The molecule has 0 bridgehead atoms. The molecule has 2 heterocycles. The van der Waals surface area contributed by atoms with E-state index in [0.717, 1.165) is 25.1 Å². The number of halogens is 1. The van der Waals surface area contributed by atoms with Crippen molar-refractivity contribution in [2.75, 3.05) is 6.54 Å². The molecule has 1 amide bonds. The Morgan fingerprint density at radius 3 is 2.95 bits per heavy atom. The molecule has 4 nitrogen and oxygen atoms in total. The molecule has 0 aliphatic carbocycles. The molecule has 1 aromatic heterocycles. The zero-order chi connectivity index (χ0) is 13.1. The molecule has 106 valence electrons. The third kappa shape index (κ3) is 3.45. The lowest BCUT2D eigenvalue weighted by molar-refractivity contribution is 0.0701. The van der Waals surface area contributed by atoms with Gasteiger partial charge in [-0.05, 0) is 30.9 Å². The number of pyridine rings is 1. The second-order valence-corrected chi connectivity index (χ2v) is 5.19. The van der Waals surface area contributed by atoms with Crippen LogP contribution in [0.4, 0.5) is 0 Å². The van der Waals surface area contributed by atoms with E-state index in [1.165, 1.54) is 0 Å². The van der Waals surface area contributed by atoms with Gasteiger partial charge in [0.05, 0.1) is 5.69 Å². The van der Waals surface area contributed by atoms with Crippen molar-refractivity contribution >= 4 is 18.3 Å². The Balaban J connectivity index is 0.00000180. The van der Waals surface area contributed by atoms with Crippen molar-refractivity contribution < 1.29 is 4.79 Å². The lowest BCUT2D eigenvalue weighted by atomic mass is 10.0. The first kappa shape index (κ1) is 15.9. The molecule has 0 spiro atoms. The maximum Gasteiger partial charge on any atom is 0.254 e. The molecule has 1 unspecified atom stereocenters. The number of hydrogen-bond donors (Lipinski definition) is 1. The smallest absolute Gasteiger partial charge is 0.254 e. The molecule has 1 fully saturated rings. The normalized spacial score (nSPS) is 18.5. The highest BCUT2D eigenvalue weighted by Crippen LogP contribution is 2.25. The van der Waals surface area contributed by atoms with Gasteiger partial charge < -0.3 is 10.6 Å². The van der Waals surface area contributed by atoms with Crippen molar-refractivity contribution in [1.29, 1.82) is 0 Å². The van der Waals surface area contributed by atoms with Crippen LogP contribution in [0.15, 0.2) is 18.3 Å². The Labute approximate surface area is 120 Å². The van der Waals surface area contributed by atoms with Crippen molar-refractivity contribution in [1.82, 2.24) is 9.88 Å². The van der Waals surface area contributed by atoms with Crippen LogP contribution in [0.25, 0.3) is 0 Å². The summed E-state index contributed by atoms with van der Waals surface area (Å²) >= 11 is 0. The molecule has 5 heteroatoms. The topological polar surface area (TPSA) is 59.2 Å². The maximum atomic E-state index is 12.5. The molecule has 0 radical (unpaired) electrons. The molecule has 0 aromatic carbocycles. The largest absolute Gasteiger partial charge is 0.335 e. The summed E-state index contributed by atoms with van der Waals surface area (Å²) in [5.41, 5.74) is 7.03. The van der Waals surface area contributed by atoms with Crippen molar-refractivity contribution in [3.63, 3.8) is 0 Å². The summed E-state index contributed by atoms with van der Waals surface area (Å²) in [5, 5.41) is 0. The van der Waals surface area contributed by atoms with Crippen molar-refractivity contribution in [2.24, 2.45) is 11.7 Å². The highest BCUT2D eigenvalue weighted by molar-refractivity contribution is 5.94. The van der Waals surface area contributed by atoms with Gasteiger partial charge in [0.15, 0.2) is 0 Å². The van der Waals surface area contributed by atoms with Gasteiger partial charge in [-0.1, -0.05) is 13.8 Å². The summed E-state index contributed by atoms with van der Waals surface area (Å²) in [4.78, 5) is 18.6. The Kier molecular flexibility index (Phi) is 5.76. The Morgan fingerprint density at radius 1 is 1.58 bits per heavy atom. The summed E-state index contributed by atoms with van der Waals surface area (Å²) < 4.78 is 0. The third-order valence-corrected chi connectivity index (χ3v) is 3.60. The highest BCUT2D eigenvalue weighted by Gasteiger charge is 2.31. The SMILES string of the molecule is CC(C)C1CCCN1C(=O)c1ccnc(CN)c1.Cl. The van der Waals surface area contributed by atoms with Crippen LogP contribution in [-0.4, -0.2) is 28.4 Å². The molecular formula is C14H22ClN3O. The van der Waals surface area contributed by atoms with Gasteiger partial charge in [0, 0.05) is 30.9 Å². The summed E-state index contributed by atoms with van der Waals surface area (Å²) in [7, 11) is 0. The molecule has 1 aromatic rings. The summed E-state index contributed by atoms with van der Waals surface area (Å²) in [6, 6.07) is 3.95. The van der Waals surface area contributed by atoms with Crippen LogP contribution in [0.5, 0.6) is 0 Å². The van der Waals surface area contributed by atoms with Crippen LogP contribution in [0, 0.1) is 5.92 Å². The van der Waals surface area contributed by atoms with Crippen LogP contribution in [0.2, 0.25) is 0 Å². The monoisotopic (exact) mass is 283 g/mol. The van der Waals surface area contributed by atoms with Crippen molar-refractivity contribution in [3.05, 3.63) is 29.6 Å². The first-order chi connectivity index (χ1) is 8.63. The molecule has 1 atom stereocenters. The van der Waals surface area contributed by atoms with Crippen molar-refractivity contribution in [2.45, 2.75) is 39.3 Å². The van der Waals surface area contributed by atoms with E-state index < -0.39 is 0 Å². The Morgan fingerprint density at radius 2 is 2.32 bits per heavy atom. The van der Waals surface area contributed by atoms with Crippen LogP contribution >= 0.6 is 12.4 Å². The molecular weight excluding hydrogens is 262 g/mol. The zero-order valence-electron chi connectivity index (χ0n) is 11.5. The minimum absolute atomic E-state index is 0. The molecule has 2 rings (SSSR count). The van der Waals surface area contributed by atoms with E-state index in [0.29, 0.717) is 24.1 Å². The number of rotatable bonds is 3. The number of nitrogens with two attached hydrogens (primary N) is 1. The summed E-state index contributed by atoms with van der Waals surface area (Å²) in [6.07, 6.45) is 3.87. The van der Waals surface area contributed by atoms with Crippen LogP contribution in [0.3, 0.4) is 0 Å². The predicted octanol–water partition coefficient (Wildman–Crippen LogP) is 2.22. The highest BCUT2D eigenvalue weighted by atomic mass is 35.5. The van der Waals surface area contributed by atoms with Gasteiger partial charge in [-0.3, -0.25) is 9.78 Å². The minimum atomic E-state index is 0. The van der Waals surface area contributed by atoms with Gasteiger partial charge in [-0.15, -0.1) is 12.4 Å². The Bertz CT molecular complexity index is 436. The van der Waals surface area contributed by atoms with Crippen LogP contribution < -0.4 is 5.73 Å². The van der Waals surface area contributed by atoms with E-state index in [9.17, 15) is 4.79 Å². The fraction of sp³-hybridized carbons (Fsp3) is 0.571. The fourth-order valence-electron chi connectivity index (χ4n) is 2.63. The first-order valence-electron chi connectivity index (χ1n) is 6.59. The third-order valence-electron chi connectivity index (χ3n) is 3.60. The summed E-state index contributed by atoms with van der Waals surface area (Å²) in [5.74, 6) is 0.621. The van der Waals surface area contributed by atoms with E-state index in [2.05, 4.69) is 18.8 Å². The first-order valence-corrected chi connectivity index (χ1v) is 6.59. The average molecular weight is 284 g/mol. The fourth-order valence-corrected chi connectivity index (χ4v) is 2.63. The van der Waals surface area contributed by atoms with E-state index in [4.69, 9.17) is 5.73 Å². The molecule has 19 heavy (non-hydrogen) atoms. The lowest BCUT2D eigenvalue weighted by Gasteiger charge is -2.27. The molecule has 2 N–H and O–H groups in total. The van der Waals surface area contributed by atoms with E-state index in [1.54, 1.807) is 18.3 Å². The molecule has 1 aliphatic rings. The number of likely N-dealkylation sites (tertiary alicyclic amines) is 1. The van der Waals surface area contributed by atoms with E-state index >= 15 is 0 Å². The number of carbonyl (C=O) groups is 1. The summed E-state index contributed by atoms with van der Waals surface area (Å²) in [6.45, 7) is 5.58. The number of hydrogen-bond acceptors (Lipinski definition) is 3. The van der Waals surface area contributed by atoms with Gasteiger partial charge in [-0.25, -0.2) is 0 Å². The molecule has 0 saturated carbocycles. The second kappa shape index (κ2) is 6.87. The Hall–Kier alpha value is -1.13. The van der Waals surface area contributed by atoms with Gasteiger partial charge in [0.2, 0.25) is 0 Å².